The Balaban J connectivity index is 2.85. The minimum absolute atomic E-state index is 0.555. The quantitative estimate of drug-likeness (QED) is 0.298. The maximum Gasteiger partial charge on any atom is 0.367 e. The number of hydrogen-bond donors (Lipinski definition) is 5. The highest BCUT2D eigenvalue weighted by Gasteiger charge is 2.54. The fraction of sp³-hybridized carbons (Fsp3) is 0.833. The van der Waals surface area contributed by atoms with Gasteiger partial charge in [0.25, 0.3) is 5.79 Å². The van der Waals surface area contributed by atoms with Crippen LogP contribution in [-0.2, 0) is 9.53 Å². The molecule has 76 valence electrons. The molecule has 0 aromatic rings. The van der Waals surface area contributed by atoms with Gasteiger partial charge in [-0.2, -0.15) is 0 Å². The van der Waals surface area contributed by atoms with E-state index < -0.39 is 36.7 Å². The van der Waals surface area contributed by atoms with Gasteiger partial charge in [-0.05, 0) is 0 Å². The highest BCUT2D eigenvalue weighted by Crippen LogP contribution is 2.23. The lowest BCUT2D eigenvalue weighted by Gasteiger charge is -2.38. The fourth-order valence-electron chi connectivity index (χ4n) is 1.03. The van der Waals surface area contributed by atoms with E-state index in [1.807, 2.05) is 0 Å². The van der Waals surface area contributed by atoms with Crippen LogP contribution in [-0.4, -0.2) is 62.2 Å². The first-order chi connectivity index (χ1) is 5.89. The van der Waals surface area contributed by atoms with E-state index in [4.69, 9.17) is 25.5 Å². The number of carboxylic acids is 1. The molecule has 0 amide bonds. The van der Waals surface area contributed by atoms with Gasteiger partial charge in [0.15, 0.2) is 0 Å². The normalized spacial score (nSPS) is 46.0. The van der Waals surface area contributed by atoms with Crippen LogP contribution < -0.4 is 0 Å². The van der Waals surface area contributed by atoms with Gasteiger partial charge in [-0.25, -0.2) is 4.79 Å². The van der Waals surface area contributed by atoms with Gasteiger partial charge in [0.2, 0.25) is 0 Å². The molecular weight excluding hydrogens is 184 g/mol. The molecule has 1 aliphatic rings. The molecule has 13 heavy (non-hydrogen) atoms. The molecule has 1 heterocycles. The van der Waals surface area contributed by atoms with E-state index in [-0.39, 0.29) is 0 Å². The summed E-state index contributed by atoms with van der Waals surface area (Å²) in [5.41, 5.74) is 0. The van der Waals surface area contributed by atoms with Crippen LogP contribution in [0.4, 0.5) is 0 Å². The second-order valence-electron chi connectivity index (χ2n) is 2.82. The third-order valence-corrected chi connectivity index (χ3v) is 1.90. The second kappa shape index (κ2) is 3.20. The Kier molecular flexibility index (Phi) is 2.55. The molecule has 1 rings (SSSR count). The number of carbonyl (C=O) groups is 1. The molecule has 0 aromatic carbocycles. The number of aliphatic hydroxyl groups excluding tert-OH is 3. The van der Waals surface area contributed by atoms with Gasteiger partial charge in [-0.1, -0.05) is 0 Å². The van der Waals surface area contributed by atoms with E-state index in [9.17, 15) is 4.79 Å². The van der Waals surface area contributed by atoms with Crippen LogP contribution in [0.15, 0.2) is 0 Å². The molecule has 0 aromatic heterocycles. The van der Waals surface area contributed by atoms with Crippen molar-refractivity contribution in [3.8, 4) is 0 Å². The molecule has 7 heteroatoms. The van der Waals surface area contributed by atoms with Crippen LogP contribution in [0.1, 0.15) is 0 Å². The molecule has 0 saturated carbocycles. The molecule has 0 bridgehead atoms. The highest BCUT2D eigenvalue weighted by atomic mass is 16.7. The molecule has 1 aliphatic heterocycles. The number of aliphatic hydroxyl groups is 4. The molecule has 1 fully saturated rings. The predicted molar refractivity (Wildman–Crippen MR) is 36.6 cm³/mol. The van der Waals surface area contributed by atoms with Gasteiger partial charge in [-0.15, -0.1) is 0 Å². The maximum absolute atomic E-state index is 10.4. The fourth-order valence-corrected chi connectivity index (χ4v) is 1.03. The van der Waals surface area contributed by atoms with E-state index in [0.717, 1.165) is 0 Å². The zero-order chi connectivity index (χ0) is 10.2. The molecule has 1 saturated heterocycles. The topological polar surface area (TPSA) is 127 Å². The monoisotopic (exact) mass is 194 g/mol. The highest BCUT2D eigenvalue weighted by molar-refractivity contribution is 5.76. The Morgan fingerprint density at radius 3 is 2.38 bits per heavy atom. The second-order valence-corrected chi connectivity index (χ2v) is 2.82. The van der Waals surface area contributed by atoms with E-state index in [1.165, 1.54) is 0 Å². The molecule has 4 atom stereocenters. The summed E-state index contributed by atoms with van der Waals surface area (Å²) in [5, 5.41) is 44.6. The van der Waals surface area contributed by atoms with E-state index in [1.54, 1.807) is 0 Å². The van der Waals surface area contributed by atoms with Gasteiger partial charge in [0, 0.05) is 0 Å². The van der Waals surface area contributed by atoms with Crippen molar-refractivity contribution in [2.75, 3.05) is 6.61 Å². The van der Waals surface area contributed by atoms with Gasteiger partial charge in [-0.3, -0.25) is 0 Å². The van der Waals surface area contributed by atoms with Crippen LogP contribution in [0, 0.1) is 0 Å². The number of aliphatic carboxylic acids is 1. The minimum Gasteiger partial charge on any atom is -0.477 e. The Morgan fingerprint density at radius 1 is 1.38 bits per heavy atom. The van der Waals surface area contributed by atoms with E-state index in [0.29, 0.717) is 0 Å². The Labute approximate surface area is 72.8 Å². The first-order valence-electron chi connectivity index (χ1n) is 3.53. The molecule has 4 unspecified atom stereocenters. The summed E-state index contributed by atoms with van der Waals surface area (Å²) in [5.74, 6) is -4.66. The van der Waals surface area contributed by atoms with Crippen molar-refractivity contribution in [1.82, 2.24) is 0 Å². The van der Waals surface area contributed by atoms with Crippen LogP contribution in [0.25, 0.3) is 0 Å². The molecule has 0 spiro atoms. The average Bonchev–Trinajstić information content (AvgIpc) is 2.08. The summed E-state index contributed by atoms with van der Waals surface area (Å²) in [4.78, 5) is 10.4. The molecular formula is C6H10O7. The van der Waals surface area contributed by atoms with Crippen molar-refractivity contribution in [2.45, 2.75) is 24.1 Å². The number of rotatable bonds is 1. The van der Waals surface area contributed by atoms with E-state index >= 15 is 0 Å². The smallest absolute Gasteiger partial charge is 0.367 e. The van der Waals surface area contributed by atoms with Crippen LogP contribution in [0.3, 0.4) is 0 Å². The minimum atomic E-state index is -2.85. The SMILES string of the molecule is O=C(O)C1(O)OCC(O)C(O)C1O. The van der Waals surface area contributed by atoms with Crippen molar-refractivity contribution in [2.24, 2.45) is 0 Å². The first-order valence-corrected chi connectivity index (χ1v) is 3.53. The Bertz CT molecular complexity index is 217. The number of ether oxygens (including phenoxy) is 1. The summed E-state index contributed by atoms with van der Waals surface area (Å²) < 4.78 is 4.32. The largest absolute Gasteiger partial charge is 0.477 e. The third-order valence-electron chi connectivity index (χ3n) is 1.90. The summed E-state index contributed by atoms with van der Waals surface area (Å²) in [6, 6.07) is 0. The summed E-state index contributed by atoms with van der Waals surface area (Å²) in [7, 11) is 0. The predicted octanol–water partition coefficient (Wildman–Crippen LogP) is -3.13. The van der Waals surface area contributed by atoms with Crippen LogP contribution >= 0.6 is 0 Å². The van der Waals surface area contributed by atoms with Crippen molar-refractivity contribution in [3.63, 3.8) is 0 Å². The summed E-state index contributed by atoms with van der Waals surface area (Å²) in [6.45, 7) is -0.555. The lowest BCUT2D eigenvalue weighted by Crippen LogP contribution is -2.64. The summed E-state index contributed by atoms with van der Waals surface area (Å²) in [6.07, 6.45) is -5.22. The standard InChI is InChI=1S/C6H10O7/c7-2-1-13-6(12,5(10)11)4(9)3(2)8/h2-4,7-9,12H,1H2,(H,10,11). The average molecular weight is 194 g/mol. The van der Waals surface area contributed by atoms with Gasteiger partial charge < -0.3 is 30.3 Å². The zero-order valence-electron chi connectivity index (χ0n) is 6.49. The lowest BCUT2D eigenvalue weighted by atomic mass is 9.97. The molecule has 7 nitrogen and oxygen atoms in total. The van der Waals surface area contributed by atoms with Gasteiger partial charge >= 0.3 is 5.97 Å². The van der Waals surface area contributed by atoms with Crippen LogP contribution in [0.5, 0.6) is 0 Å². The molecule has 5 N–H and O–H groups in total. The number of hydrogen-bond acceptors (Lipinski definition) is 6. The number of carboxylic acid groups (broad SMARTS) is 1. The van der Waals surface area contributed by atoms with Crippen molar-refractivity contribution < 1.29 is 35.1 Å². The maximum atomic E-state index is 10.4. The third kappa shape index (κ3) is 1.52. The van der Waals surface area contributed by atoms with Crippen molar-refractivity contribution >= 4 is 5.97 Å². The van der Waals surface area contributed by atoms with E-state index in [2.05, 4.69) is 4.74 Å². The molecule has 0 aliphatic carbocycles. The van der Waals surface area contributed by atoms with Crippen LogP contribution in [0.2, 0.25) is 0 Å². The summed E-state index contributed by atoms with van der Waals surface area (Å²) >= 11 is 0. The van der Waals surface area contributed by atoms with Gasteiger partial charge in [0.1, 0.15) is 18.3 Å². The molecule has 0 radical (unpaired) electrons. The first kappa shape index (κ1) is 10.4. The zero-order valence-corrected chi connectivity index (χ0v) is 6.49. The van der Waals surface area contributed by atoms with Crippen molar-refractivity contribution in [1.29, 1.82) is 0 Å². The Hall–Kier alpha value is -0.730. The lowest BCUT2D eigenvalue weighted by molar-refractivity contribution is -0.311. The van der Waals surface area contributed by atoms with Crippen molar-refractivity contribution in [3.05, 3.63) is 0 Å². The van der Waals surface area contributed by atoms with Gasteiger partial charge in [0.05, 0.1) is 6.61 Å². The Morgan fingerprint density at radius 2 is 1.92 bits per heavy atom.